The van der Waals surface area contributed by atoms with Crippen molar-refractivity contribution in [1.29, 1.82) is 0 Å². The molecule has 0 amide bonds. The number of carbonyl (C=O) groups is 1. The molecule has 0 radical (unpaired) electrons. The van der Waals surface area contributed by atoms with E-state index in [1.807, 2.05) is 99.6 Å². The molecule has 0 spiro atoms. The molecule has 1 heterocycles. The number of nitrogens with zero attached hydrogens (tertiary/aromatic N) is 1. The molecule has 1 aliphatic carbocycles. The average Bonchev–Trinajstić information content (AvgIpc) is 3.68. The van der Waals surface area contributed by atoms with Crippen molar-refractivity contribution in [2.45, 2.75) is 51.2 Å². The minimum Gasteiger partial charge on any atom is -0.465 e. The number of hydrogen-bond donors (Lipinski definition) is 1. The monoisotopic (exact) mass is 511 g/mol. The molecule has 3 aromatic carbocycles. The third-order valence-corrected chi connectivity index (χ3v) is 7.35. The van der Waals surface area contributed by atoms with E-state index >= 15 is 0 Å². The molecule has 6 heteroatoms. The summed E-state index contributed by atoms with van der Waals surface area (Å²) in [5, 5.41) is 15.1. The Labute approximate surface area is 223 Å². The Morgan fingerprint density at radius 1 is 0.974 bits per heavy atom. The van der Waals surface area contributed by atoms with Crippen LogP contribution in [0.2, 0.25) is 0 Å². The highest BCUT2D eigenvalue weighted by Gasteiger charge is 2.52. The van der Waals surface area contributed by atoms with Gasteiger partial charge in [-0.05, 0) is 55.9 Å². The van der Waals surface area contributed by atoms with Crippen molar-refractivity contribution in [2.24, 2.45) is 0 Å². The van der Waals surface area contributed by atoms with E-state index in [2.05, 4.69) is 5.16 Å². The summed E-state index contributed by atoms with van der Waals surface area (Å²) < 4.78 is 16.9. The summed E-state index contributed by atoms with van der Waals surface area (Å²) in [5.74, 6) is 0.412. The zero-order valence-electron chi connectivity index (χ0n) is 22.0. The first kappa shape index (κ1) is 25.9. The molecule has 1 fully saturated rings. The van der Waals surface area contributed by atoms with Crippen molar-refractivity contribution >= 4 is 5.97 Å². The summed E-state index contributed by atoms with van der Waals surface area (Å²) >= 11 is 0. The highest BCUT2D eigenvalue weighted by atomic mass is 16.5. The van der Waals surface area contributed by atoms with E-state index in [0.717, 1.165) is 40.7 Å². The summed E-state index contributed by atoms with van der Waals surface area (Å²) in [5.41, 5.74) is 5.79. The number of ether oxygens (including phenoxy) is 2. The van der Waals surface area contributed by atoms with Crippen LogP contribution in [0.1, 0.15) is 61.3 Å². The Balaban J connectivity index is 1.29. The molecular weight excluding hydrogens is 478 g/mol. The summed E-state index contributed by atoms with van der Waals surface area (Å²) in [7, 11) is 0. The number of aliphatic hydroxyl groups is 1. The molecule has 5 rings (SSSR count). The molecule has 1 unspecified atom stereocenters. The van der Waals surface area contributed by atoms with Crippen LogP contribution in [0.25, 0.3) is 22.5 Å². The van der Waals surface area contributed by atoms with Crippen molar-refractivity contribution in [3.05, 3.63) is 101 Å². The minimum atomic E-state index is -0.872. The van der Waals surface area contributed by atoms with Crippen LogP contribution in [-0.2, 0) is 19.7 Å². The van der Waals surface area contributed by atoms with Crippen LogP contribution < -0.4 is 0 Å². The number of esters is 1. The van der Waals surface area contributed by atoms with Crippen LogP contribution in [0, 0.1) is 6.92 Å². The van der Waals surface area contributed by atoms with Gasteiger partial charge in [0.25, 0.3) is 0 Å². The fourth-order valence-corrected chi connectivity index (χ4v) is 4.92. The standard InChI is InChI=1S/C32H33NO5/c1-4-36-31(35)32(18-19-32)27-16-14-25(15-17-27)24-10-12-26(13-11-24)30-29(21(2)33-38-30)28(34)20-37-22(3)23-8-6-5-7-9-23/h5-17,22,28,34H,4,18-20H2,1-3H3/t22-,28?/m1/s1. The van der Waals surface area contributed by atoms with Gasteiger partial charge >= 0.3 is 5.97 Å². The Morgan fingerprint density at radius 2 is 1.58 bits per heavy atom. The Hall–Kier alpha value is -3.74. The molecule has 196 valence electrons. The second-order valence-corrected chi connectivity index (χ2v) is 9.87. The maximum Gasteiger partial charge on any atom is 0.316 e. The van der Waals surface area contributed by atoms with Gasteiger partial charge in [-0.2, -0.15) is 0 Å². The number of aryl methyl sites for hydroxylation is 1. The van der Waals surface area contributed by atoms with Crippen LogP contribution in [0.15, 0.2) is 83.4 Å². The molecule has 6 nitrogen and oxygen atoms in total. The molecule has 0 bridgehead atoms. The lowest BCUT2D eigenvalue weighted by atomic mass is 9.93. The van der Waals surface area contributed by atoms with Gasteiger partial charge in [0.15, 0.2) is 5.76 Å². The minimum absolute atomic E-state index is 0.127. The maximum atomic E-state index is 12.4. The van der Waals surface area contributed by atoms with E-state index in [0.29, 0.717) is 23.6 Å². The molecular formula is C32H33NO5. The van der Waals surface area contributed by atoms with Crippen molar-refractivity contribution in [3.63, 3.8) is 0 Å². The van der Waals surface area contributed by atoms with E-state index in [1.165, 1.54) is 0 Å². The molecule has 1 saturated carbocycles. The van der Waals surface area contributed by atoms with E-state index < -0.39 is 11.5 Å². The van der Waals surface area contributed by atoms with Gasteiger partial charge in [0, 0.05) is 5.56 Å². The largest absolute Gasteiger partial charge is 0.465 e. The molecule has 38 heavy (non-hydrogen) atoms. The Kier molecular flexibility index (Phi) is 7.45. The maximum absolute atomic E-state index is 12.4. The number of aliphatic hydroxyl groups excluding tert-OH is 1. The fraction of sp³-hybridized carbons (Fsp3) is 0.312. The van der Waals surface area contributed by atoms with Crippen molar-refractivity contribution in [3.8, 4) is 22.5 Å². The van der Waals surface area contributed by atoms with Crippen LogP contribution in [-0.4, -0.2) is 29.4 Å². The fourth-order valence-electron chi connectivity index (χ4n) is 4.92. The topological polar surface area (TPSA) is 81.8 Å². The van der Waals surface area contributed by atoms with Crippen LogP contribution in [0.5, 0.6) is 0 Å². The van der Waals surface area contributed by atoms with Crippen LogP contribution in [0.3, 0.4) is 0 Å². The van der Waals surface area contributed by atoms with Gasteiger partial charge in [-0.25, -0.2) is 0 Å². The van der Waals surface area contributed by atoms with Gasteiger partial charge in [-0.1, -0.05) is 84.0 Å². The molecule has 0 aliphatic heterocycles. The molecule has 4 aromatic rings. The van der Waals surface area contributed by atoms with Gasteiger partial charge in [0.1, 0.15) is 6.10 Å². The van der Waals surface area contributed by atoms with Crippen molar-refractivity contribution in [1.82, 2.24) is 5.16 Å². The van der Waals surface area contributed by atoms with Crippen molar-refractivity contribution < 1.29 is 23.9 Å². The predicted octanol–water partition coefficient (Wildman–Crippen LogP) is 6.72. The van der Waals surface area contributed by atoms with Gasteiger partial charge in [0.05, 0.1) is 36.0 Å². The van der Waals surface area contributed by atoms with Gasteiger partial charge in [0.2, 0.25) is 0 Å². The lowest BCUT2D eigenvalue weighted by molar-refractivity contribution is -0.146. The molecule has 1 aliphatic rings. The average molecular weight is 512 g/mol. The molecule has 1 N–H and O–H groups in total. The number of rotatable bonds is 10. The molecule has 0 saturated heterocycles. The highest BCUT2D eigenvalue weighted by Crippen LogP contribution is 2.49. The Bertz CT molecular complexity index is 1370. The zero-order valence-corrected chi connectivity index (χ0v) is 22.0. The van der Waals surface area contributed by atoms with Gasteiger partial charge < -0.3 is 19.1 Å². The second-order valence-electron chi connectivity index (χ2n) is 9.87. The van der Waals surface area contributed by atoms with E-state index in [-0.39, 0.29) is 18.7 Å². The van der Waals surface area contributed by atoms with Crippen LogP contribution in [0.4, 0.5) is 0 Å². The third kappa shape index (κ3) is 5.15. The third-order valence-electron chi connectivity index (χ3n) is 7.35. The number of carbonyl (C=O) groups excluding carboxylic acids is 1. The lowest BCUT2D eigenvalue weighted by Crippen LogP contribution is -2.23. The first-order valence-corrected chi connectivity index (χ1v) is 13.1. The summed E-state index contributed by atoms with van der Waals surface area (Å²) in [6, 6.07) is 26.0. The second kappa shape index (κ2) is 10.9. The number of hydrogen-bond acceptors (Lipinski definition) is 6. The quantitative estimate of drug-likeness (QED) is 0.238. The van der Waals surface area contributed by atoms with E-state index in [1.54, 1.807) is 0 Å². The zero-order chi connectivity index (χ0) is 26.7. The van der Waals surface area contributed by atoms with Crippen LogP contribution >= 0.6 is 0 Å². The molecule has 2 atom stereocenters. The summed E-state index contributed by atoms with van der Waals surface area (Å²) in [6.45, 7) is 6.16. The number of aromatic nitrogens is 1. The summed E-state index contributed by atoms with van der Waals surface area (Å²) in [6.07, 6.45) is 0.651. The first-order valence-electron chi connectivity index (χ1n) is 13.1. The predicted molar refractivity (Wildman–Crippen MR) is 145 cm³/mol. The van der Waals surface area contributed by atoms with E-state index in [9.17, 15) is 9.90 Å². The number of benzene rings is 3. The van der Waals surface area contributed by atoms with Crippen molar-refractivity contribution in [2.75, 3.05) is 13.2 Å². The normalized spacial score (nSPS) is 15.6. The van der Waals surface area contributed by atoms with E-state index in [4.69, 9.17) is 14.0 Å². The first-order chi connectivity index (χ1) is 18.4. The Morgan fingerprint density at radius 3 is 2.18 bits per heavy atom. The SMILES string of the molecule is CCOC(=O)C1(c2ccc(-c3ccc(-c4onc(C)c4C(O)CO[C@H](C)c4ccccc4)cc3)cc2)CC1. The highest BCUT2D eigenvalue weighted by molar-refractivity contribution is 5.87. The van der Waals surface area contributed by atoms with Gasteiger partial charge in [-0.3, -0.25) is 4.79 Å². The summed E-state index contributed by atoms with van der Waals surface area (Å²) in [4.78, 5) is 12.4. The lowest BCUT2D eigenvalue weighted by Gasteiger charge is -2.17. The van der Waals surface area contributed by atoms with Gasteiger partial charge in [-0.15, -0.1) is 0 Å². The molecule has 1 aromatic heterocycles. The smallest absolute Gasteiger partial charge is 0.316 e.